The van der Waals surface area contributed by atoms with E-state index in [1.807, 2.05) is 0 Å². The largest absolute Gasteiger partial charge is 0.383 e. The molecule has 2 heterocycles. The Morgan fingerprint density at radius 2 is 2.50 bits per heavy atom. The molecule has 1 aromatic heterocycles. The number of likely N-dealkylation sites (tertiary alicyclic amines) is 1. The smallest absolute Gasteiger partial charge is 0.272 e. The average Bonchev–Trinajstić information content (AvgIpc) is 2.25. The molecule has 0 N–H and O–H groups in total. The van der Waals surface area contributed by atoms with Crippen LogP contribution in [-0.4, -0.2) is 42.1 Å². The molecule has 5 heteroatoms. The van der Waals surface area contributed by atoms with E-state index >= 15 is 0 Å². The summed E-state index contributed by atoms with van der Waals surface area (Å²) in [5, 5.41) is 0. The van der Waals surface area contributed by atoms with E-state index in [4.69, 9.17) is 4.74 Å². The Bertz CT molecular complexity index is 380. The van der Waals surface area contributed by atoms with E-state index in [1.54, 1.807) is 12.0 Å². The SMILES string of the molecule is COCC1CCN1C(=O)c1ccc(F)cn1. The van der Waals surface area contributed by atoms with Gasteiger partial charge in [0.05, 0.1) is 18.8 Å². The molecule has 86 valence electrons. The highest BCUT2D eigenvalue weighted by Crippen LogP contribution is 2.19. The molecule has 1 amide bonds. The molecule has 0 saturated carbocycles. The number of methoxy groups -OCH3 is 1. The second kappa shape index (κ2) is 4.57. The third kappa shape index (κ3) is 2.04. The standard InChI is InChI=1S/C11H13FN2O2/c1-16-7-9-4-5-14(9)11(15)10-3-2-8(12)6-13-10/h2-3,6,9H,4-5,7H2,1H3. The number of amides is 1. The van der Waals surface area contributed by atoms with Crippen molar-refractivity contribution < 1.29 is 13.9 Å². The van der Waals surface area contributed by atoms with E-state index in [-0.39, 0.29) is 17.6 Å². The Labute approximate surface area is 93.0 Å². The van der Waals surface area contributed by atoms with Gasteiger partial charge in [0.1, 0.15) is 11.5 Å². The molecule has 0 bridgehead atoms. The number of ether oxygens (including phenoxy) is 1. The number of carbonyl (C=O) groups is 1. The van der Waals surface area contributed by atoms with Crippen LogP contribution in [0.25, 0.3) is 0 Å². The molecule has 0 aromatic carbocycles. The van der Waals surface area contributed by atoms with Crippen LogP contribution in [0.3, 0.4) is 0 Å². The van der Waals surface area contributed by atoms with Crippen molar-refractivity contribution in [3.8, 4) is 0 Å². The first-order valence-electron chi connectivity index (χ1n) is 5.14. The maximum Gasteiger partial charge on any atom is 0.272 e. The highest BCUT2D eigenvalue weighted by Gasteiger charge is 2.33. The van der Waals surface area contributed by atoms with Gasteiger partial charge in [-0.25, -0.2) is 9.37 Å². The summed E-state index contributed by atoms with van der Waals surface area (Å²) in [5.41, 5.74) is 0.280. The van der Waals surface area contributed by atoms with Crippen molar-refractivity contribution >= 4 is 5.91 Å². The van der Waals surface area contributed by atoms with Gasteiger partial charge in [-0.3, -0.25) is 4.79 Å². The summed E-state index contributed by atoms with van der Waals surface area (Å²) >= 11 is 0. The zero-order valence-corrected chi connectivity index (χ0v) is 9.02. The normalized spacial score (nSPS) is 19.4. The van der Waals surface area contributed by atoms with Crippen LogP contribution in [0.1, 0.15) is 16.9 Å². The third-order valence-electron chi connectivity index (χ3n) is 2.71. The fourth-order valence-corrected chi connectivity index (χ4v) is 1.72. The molecule has 16 heavy (non-hydrogen) atoms. The minimum absolute atomic E-state index is 0.129. The van der Waals surface area contributed by atoms with Crippen LogP contribution in [0.2, 0.25) is 0 Å². The topological polar surface area (TPSA) is 42.4 Å². The number of aromatic nitrogens is 1. The van der Waals surface area contributed by atoms with E-state index in [9.17, 15) is 9.18 Å². The summed E-state index contributed by atoms with van der Waals surface area (Å²) < 4.78 is 17.6. The third-order valence-corrected chi connectivity index (χ3v) is 2.71. The van der Waals surface area contributed by atoms with Crippen LogP contribution in [0.5, 0.6) is 0 Å². The van der Waals surface area contributed by atoms with Crippen LogP contribution in [0.15, 0.2) is 18.3 Å². The molecule has 4 nitrogen and oxygen atoms in total. The first kappa shape index (κ1) is 11.0. The highest BCUT2D eigenvalue weighted by molar-refractivity contribution is 5.93. The average molecular weight is 224 g/mol. The number of halogens is 1. The molecule has 1 saturated heterocycles. The number of pyridine rings is 1. The quantitative estimate of drug-likeness (QED) is 0.771. The minimum atomic E-state index is -0.436. The van der Waals surface area contributed by atoms with Crippen LogP contribution in [-0.2, 0) is 4.74 Å². The lowest BCUT2D eigenvalue weighted by atomic mass is 10.0. The Morgan fingerprint density at radius 3 is 3.00 bits per heavy atom. The van der Waals surface area contributed by atoms with Crippen molar-refractivity contribution in [2.45, 2.75) is 12.5 Å². The fraction of sp³-hybridized carbons (Fsp3) is 0.455. The van der Waals surface area contributed by atoms with Gasteiger partial charge in [0.15, 0.2) is 0 Å². The maximum atomic E-state index is 12.6. The molecule has 1 fully saturated rings. The fourth-order valence-electron chi connectivity index (χ4n) is 1.72. The number of nitrogens with zero attached hydrogens (tertiary/aromatic N) is 2. The number of rotatable bonds is 3. The van der Waals surface area contributed by atoms with Crippen molar-refractivity contribution in [3.05, 3.63) is 29.8 Å². The summed E-state index contributed by atoms with van der Waals surface area (Å²) in [6.07, 6.45) is 2.00. The summed E-state index contributed by atoms with van der Waals surface area (Å²) in [4.78, 5) is 17.4. The molecule has 1 aliphatic rings. The van der Waals surface area contributed by atoms with Crippen molar-refractivity contribution in [1.29, 1.82) is 0 Å². The molecule has 2 rings (SSSR count). The Hall–Kier alpha value is -1.49. The Balaban J connectivity index is 2.05. The van der Waals surface area contributed by atoms with Crippen LogP contribution < -0.4 is 0 Å². The summed E-state index contributed by atoms with van der Waals surface area (Å²) in [6, 6.07) is 2.77. The lowest BCUT2D eigenvalue weighted by molar-refractivity contribution is 0.0197. The number of hydrogen-bond donors (Lipinski definition) is 0. The molecular weight excluding hydrogens is 211 g/mol. The second-order valence-electron chi connectivity index (χ2n) is 3.76. The van der Waals surface area contributed by atoms with E-state index in [2.05, 4.69) is 4.98 Å². The molecule has 0 radical (unpaired) electrons. The monoisotopic (exact) mass is 224 g/mol. The van der Waals surface area contributed by atoms with Gasteiger partial charge >= 0.3 is 0 Å². The number of hydrogen-bond acceptors (Lipinski definition) is 3. The van der Waals surface area contributed by atoms with Gasteiger partial charge in [-0.15, -0.1) is 0 Å². The number of carbonyl (C=O) groups excluding carboxylic acids is 1. The minimum Gasteiger partial charge on any atom is -0.383 e. The highest BCUT2D eigenvalue weighted by atomic mass is 19.1. The molecule has 1 aliphatic heterocycles. The molecule has 0 spiro atoms. The molecule has 1 unspecified atom stereocenters. The van der Waals surface area contributed by atoms with Gasteiger partial charge in [-0.1, -0.05) is 0 Å². The van der Waals surface area contributed by atoms with Crippen molar-refractivity contribution in [3.63, 3.8) is 0 Å². The first-order chi connectivity index (χ1) is 7.72. The predicted octanol–water partition coefficient (Wildman–Crippen LogP) is 1.08. The lowest BCUT2D eigenvalue weighted by Gasteiger charge is -2.40. The zero-order valence-electron chi connectivity index (χ0n) is 9.02. The van der Waals surface area contributed by atoms with E-state index in [0.717, 1.165) is 12.6 Å². The van der Waals surface area contributed by atoms with Crippen molar-refractivity contribution in [1.82, 2.24) is 9.88 Å². The van der Waals surface area contributed by atoms with Crippen molar-refractivity contribution in [2.24, 2.45) is 0 Å². The summed E-state index contributed by atoms with van der Waals surface area (Å²) in [5.74, 6) is -0.595. The zero-order chi connectivity index (χ0) is 11.5. The van der Waals surface area contributed by atoms with Crippen LogP contribution in [0.4, 0.5) is 4.39 Å². The molecule has 1 atom stereocenters. The van der Waals surface area contributed by atoms with Gasteiger partial charge in [-0.05, 0) is 18.6 Å². The van der Waals surface area contributed by atoms with E-state index < -0.39 is 5.82 Å². The van der Waals surface area contributed by atoms with Gasteiger partial charge < -0.3 is 9.64 Å². The summed E-state index contributed by atoms with van der Waals surface area (Å²) in [6.45, 7) is 1.25. The second-order valence-corrected chi connectivity index (χ2v) is 3.76. The molecule has 1 aromatic rings. The van der Waals surface area contributed by atoms with Crippen LogP contribution in [0, 0.1) is 5.82 Å². The Kier molecular flexibility index (Phi) is 3.14. The van der Waals surface area contributed by atoms with Gasteiger partial charge in [0.2, 0.25) is 0 Å². The van der Waals surface area contributed by atoms with Crippen molar-refractivity contribution in [2.75, 3.05) is 20.3 Å². The van der Waals surface area contributed by atoms with Gasteiger partial charge in [0.25, 0.3) is 5.91 Å². The first-order valence-corrected chi connectivity index (χ1v) is 5.14. The molecule has 0 aliphatic carbocycles. The predicted molar refractivity (Wildman–Crippen MR) is 55.5 cm³/mol. The van der Waals surface area contributed by atoms with Gasteiger partial charge in [0, 0.05) is 13.7 Å². The van der Waals surface area contributed by atoms with Crippen LogP contribution >= 0.6 is 0 Å². The van der Waals surface area contributed by atoms with Gasteiger partial charge in [-0.2, -0.15) is 0 Å². The van der Waals surface area contributed by atoms with E-state index in [0.29, 0.717) is 13.2 Å². The molecular formula is C11H13FN2O2. The lowest BCUT2D eigenvalue weighted by Crippen LogP contribution is -2.53. The Morgan fingerprint density at radius 1 is 1.69 bits per heavy atom. The van der Waals surface area contributed by atoms with E-state index in [1.165, 1.54) is 12.1 Å². The maximum absolute atomic E-state index is 12.6. The summed E-state index contributed by atoms with van der Waals surface area (Å²) in [7, 11) is 1.61.